The standard InChI is InChI=1S/C23H20FN3O5/c24-14-7-9-15(10-8-14)27-22(29)21-20(17-5-1-2-6-18(17)32-21)26(23(27)30)13-19(28)25-12-16-4-3-11-31-16/h1-2,5-10,16H,3-4,11-13H2,(H,25,28)/t16-/m0/s1. The fourth-order valence-corrected chi connectivity index (χ4v) is 4.05. The van der Waals surface area contributed by atoms with E-state index in [0.717, 1.165) is 29.5 Å². The number of carbonyl (C=O) groups excluding carboxylic acids is 1. The van der Waals surface area contributed by atoms with Gasteiger partial charge in [0.05, 0.1) is 11.8 Å². The number of nitrogens with one attached hydrogen (secondary N) is 1. The van der Waals surface area contributed by atoms with Gasteiger partial charge < -0.3 is 14.5 Å². The van der Waals surface area contributed by atoms with Crippen molar-refractivity contribution in [3.63, 3.8) is 0 Å². The smallest absolute Gasteiger partial charge is 0.336 e. The van der Waals surface area contributed by atoms with Crippen LogP contribution in [0, 0.1) is 5.82 Å². The van der Waals surface area contributed by atoms with E-state index in [0.29, 0.717) is 24.1 Å². The molecule has 0 aliphatic carbocycles. The van der Waals surface area contributed by atoms with Crippen molar-refractivity contribution in [1.82, 2.24) is 14.5 Å². The van der Waals surface area contributed by atoms with Crippen molar-refractivity contribution in [2.45, 2.75) is 25.5 Å². The number of halogens is 1. The van der Waals surface area contributed by atoms with Gasteiger partial charge in [-0.1, -0.05) is 12.1 Å². The van der Waals surface area contributed by atoms with E-state index < -0.39 is 23.0 Å². The number of benzene rings is 2. The first-order valence-corrected chi connectivity index (χ1v) is 10.3. The van der Waals surface area contributed by atoms with Crippen molar-refractivity contribution in [2.24, 2.45) is 0 Å². The predicted molar refractivity (Wildman–Crippen MR) is 116 cm³/mol. The van der Waals surface area contributed by atoms with Crippen molar-refractivity contribution < 1.29 is 18.3 Å². The topological polar surface area (TPSA) is 95.5 Å². The Hall–Kier alpha value is -3.72. The first-order chi connectivity index (χ1) is 15.5. The second-order valence-electron chi connectivity index (χ2n) is 7.70. The number of fused-ring (bicyclic) bond motifs is 3. The van der Waals surface area contributed by atoms with E-state index in [1.807, 2.05) is 0 Å². The summed E-state index contributed by atoms with van der Waals surface area (Å²) in [6.45, 7) is 0.706. The van der Waals surface area contributed by atoms with Crippen LogP contribution in [0.3, 0.4) is 0 Å². The third kappa shape index (κ3) is 3.50. The number of aromatic nitrogens is 2. The molecule has 1 N–H and O–H groups in total. The highest BCUT2D eigenvalue weighted by molar-refractivity contribution is 6.02. The number of nitrogens with zero attached hydrogens (tertiary/aromatic N) is 2. The lowest BCUT2D eigenvalue weighted by atomic mass is 10.2. The number of ether oxygens (including phenoxy) is 1. The summed E-state index contributed by atoms with van der Waals surface area (Å²) in [6.07, 6.45) is 1.77. The number of para-hydroxylation sites is 1. The summed E-state index contributed by atoms with van der Waals surface area (Å²) in [5, 5.41) is 3.35. The molecule has 0 spiro atoms. The Bertz CT molecular complexity index is 1430. The Balaban J connectivity index is 1.65. The molecule has 4 aromatic rings. The fraction of sp³-hybridized carbons (Fsp3) is 0.261. The minimum Gasteiger partial charge on any atom is -0.449 e. The Morgan fingerprint density at radius 2 is 1.91 bits per heavy atom. The lowest BCUT2D eigenvalue weighted by Gasteiger charge is -2.14. The monoisotopic (exact) mass is 437 g/mol. The third-order valence-corrected chi connectivity index (χ3v) is 5.60. The van der Waals surface area contributed by atoms with Crippen LogP contribution in [0.1, 0.15) is 12.8 Å². The van der Waals surface area contributed by atoms with Gasteiger partial charge in [0.15, 0.2) is 0 Å². The summed E-state index contributed by atoms with van der Waals surface area (Å²) in [7, 11) is 0. The van der Waals surface area contributed by atoms with Gasteiger partial charge in [0, 0.05) is 18.5 Å². The zero-order chi connectivity index (χ0) is 22.2. The molecule has 0 bridgehead atoms. The van der Waals surface area contributed by atoms with Crippen LogP contribution in [0.5, 0.6) is 0 Å². The SMILES string of the molecule is O=C(Cn1c(=O)n(-c2ccc(F)cc2)c(=O)c2oc3ccccc3c21)NC[C@@H]1CCCO1. The fourth-order valence-electron chi connectivity index (χ4n) is 4.05. The second-order valence-corrected chi connectivity index (χ2v) is 7.70. The Morgan fingerprint density at radius 3 is 2.66 bits per heavy atom. The quantitative estimate of drug-likeness (QED) is 0.517. The molecule has 1 atom stereocenters. The van der Waals surface area contributed by atoms with Gasteiger partial charge in [-0.05, 0) is 49.2 Å². The van der Waals surface area contributed by atoms with Gasteiger partial charge in [-0.25, -0.2) is 13.8 Å². The van der Waals surface area contributed by atoms with Crippen molar-refractivity contribution >= 4 is 28.0 Å². The number of carbonyl (C=O) groups is 1. The lowest BCUT2D eigenvalue weighted by Crippen LogP contribution is -2.42. The Kier molecular flexibility index (Phi) is 5.10. The maximum absolute atomic E-state index is 13.4. The van der Waals surface area contributed by atoms with E-state index in [2.05, 4.69) is 5.32 Å². The van der Waals surface area contributed by atoms with Crippen molar-refractivity contribution in [2.75, 3.05) is 13.2 Å². The Morgan fingerprint density at radius 1 is 1.12 bits per heavy atom. The summed E-state index contributed by atoms with van der Waals surface area (Å²) in [5.74, 6) is -0.890. The van der Waals surface area contributed by atoms with E-state index in [-0.39, 0.29) is 29.4 Å². The summed E-state index contributed by atoms with van der Waals surface area (Å²) >= 11 is 0. The number of hydrogen-bond donors (Lipinski definition) is 1. The molecular formula is C23H20FN3O5. The van der Waals surface area contributed by atoms with E-state index >= 15 is 0 Å². The molecule has 3 heterocycles. The van der Waals surface area contributed by atoms with E-state index in [4.69, 9.17) is 9.15 Å². The van der Waals surface area contributed by atoms with E-state index in [1.165, 1.54) is 16.7 Å². The first kappa shape index (κ1) is 20.2. The minimum atomic E-state index is -0.715. The van der Waals surface area contributed by atoms with Crippen LogP contribution >= 0.6 is 0 Å². The second kappa shape index (κ2) is 8.08. The Labute approximate surface area is 180 Å². The lowest BCUT2D eigenvalue weighted by molar-refractivity contribution is -0.122. The van der Waals surface area contributed by atoms with E-state index in [9.17, 15) is 18.8 Å². The molecule has 9 heteroatoms. The third-order valence-electron chi connectivity index (χ3n) is 5.60. The van der Waals surface area contributed by atoms with Gasteiger partial charge in [0.1, 0.15) is 23.5 Å². The van der Waals surface area contributed by atoms with Crippen LogP contribution in [0.2, 0.25) is 0 Å². The molecule has 5 rings (SSSR count). The molecule has 0 saturated carbocycles. The van der Waals surface area contributed by atoms with Crippen LogP contribution < -0.4 is 16.6 Å². The molecule has 1 aliphatic rings. The van der Waals surface area contributed by atoms with Gasteiger partial charge in [0.2, 0.25) is 11.5 Å². The highest BCUT2D eigenvalue weighted by atomic mass is 19.1. The molecule has 0 unspecified atom stereocenters. The van der Waals surface area contributed by atoms with Gasteiger partial charge in [0.25, 0.3) is 0 Å². The van der Waals surface area contributed by atoms with Crippen LogP contribution in [0.25, 0.3) is 27.8 Å². The highest BCUT2D eigenvalue weighted by Gasteiger charge is 2.23. The predicted octanol–water partition coefficient (Wildman–Crippen LogP) is 2.33. The molecule has 1 aliphatic heterocycles. The molecular weight excluding hydrogens is 417 g/mol. The molecule has 1 amide bonds. The van der Waals surface area contributed by atoms with Crippen molar-refractivity contribution in [1.29, 1.82) is 0 Å². The average molecular weight is 437 g/mol. The number of hydrogen-bond acceptors (Lipinski definition) is 5. The molecule has 2 aromatic carbocycles. The maximum atomic E-state index is 13.4. The zero-order valence-electron chi connectivity index (χ0n) is 17.0. The molecule has 164 valence electrons. The normalized spacial score (nSPS) is 16.1. The van der Waals surface area contributed by atoms with E-state index in [1.54, 1.807) is 24.3 Å². The maximum Gasteiger partial charge on any atom is 0.336 e. The molecule has 8 nitrogen and oxygen atoms in total. The largest absolute Gasteiger partial charge is 0.449 e. The summed E-state index contributed by atoms with van der Waals surface area (Å²) in [4.78, 5) is 39.3. The number of rotatable bonds is 5. The number of amides is 1. The van der Waals surface area contributed by atoms with Crippen LogP contribution in [0.4, 0.5) is 4.39 Å². The summed E-state index contributed by atoms with van der Waals surface area (Å²) < 4.78 is 26.8. The average Bonchev–Trinajstić information content (AvgIpc) is 3.45. The minimum absolute atomic E-state index is 0.0429. The van der Waals surface area contributed by atoms with Crippen molar-refractivity contribution in [3.8, 4) is 5.69 Å². The summed E-state index contributed by atoms with van der Waals surface area (Å²) in [5.41, 5.74) is -0.596. The first-order valence-electron chi connectivity index (χ1n) is 10.3. The zero-order valence-corrected chi connectivity index (χ0v) is 17.0. The number of furan rings is 1. The van der Waals surface area contributed by atoms with Gasteiger partial charge in [-0.15, -0.1) is 0 Å². The molecule has 0 radical (unpaired) electrons. The van der Waals surface area contributed by atoms with Gasteiger partial charge in [-0.2, -0.15) is 0 Å². The van der Waals surface area contributed by atoms with Gasteiger partial charge >= 0.3 is 11.2 Å². The van der Waals surface area contributed by atoms with Gasteiger partial charge in [-0.3, -0.25) is 14.2 Å². The molecule has 2 aromatic heterocycles. The van der Waals surface area contributed by atoms with Crippen LogP contribution in [0.15, 0.2) is 62.5 Å². The molecule has 1 saturated heterocycles. The highest BCUT2D eigenvalue weighted by Crippen LogP contribution is 2.25. The summed E-state index contributed by atoms with van der Waals surface area (Å²) in [6, 6.07) is 11.9. The van der Waals surface area contributed by atoms with Crippen LogP contribution in [-0.2, 0) is 16.1 Å². The van der Waals surface area contributed by atoms with Crippen molar-refractivity contribution in [3.05, 3.63) is 75.2 Å². The van der Waals surface area contributed by atoms with Crippen LogP contribution in [-0.4, -0.2) is 34.3 Å². The molecule has 1 fully saturated rings. The molecule has 32 heavy (non-hydrogen) atoms.